The van der Waals surface area contributed by atoms with E-state index in [9.17, 15) is 0 Å². The lowest BCUT2D eigenvalue weighted by molar-refractivity contribution is 0.346. The van der Waals surface area contributed by atoms with Crippen molar-refractivity contribution in [2.75, 3.05) is 6.61 Å². The molecule has 0 atom stereocenters. The summed E-state index contributed by atoms with van der Waals surface area (Å²) in [6.07, 6.45) is 0.977. The van der Waals surface area contributed by atoms with Crippen LogP contribution in [-0.4, -0.2) is 11.6 Å². The maximum absolute atomic E-state index is 5.41. The maximum atomic E-state index is 5.41. The molecule has 1 aromatic carbocycles. The van der Waals surface area contributed by atoms with Crippen LogP contribution in [0.15, 0.2) is 28.7 Å². The predicted molar refractivity (Wildman–Crippen MR) is 58.6 cm³/mol. The highest BCUT2D eigenvalue weighted by molar-refractivity contribution is 9.10. The molecule has 1 aliphatic rings. The van der Waals surface area contributed by atoms with E-state index in [0.29, 0.717) is 0 Å². The number of fused-ring (bicyclic) bond motifs is 2. The van der Waals surface area contributed by atoms with Gasteiger partial charge in [0.25, 0.3) is 0 Å². The second-order valence-electron chi connectivity index (χ2n) is 3.39. The second-order valence-corrected chi connectivity index (χ2v) is 4.30. The molecule has 3 heteroatoms. The molecule has 2 heterocycles. The fourth-order valence-corrected chi connectivity index (χ4v) is 2.11. The molecule has 2 aromatic rings. The quantitative estimate of drug-likeness (QED) is 0.717. The average Bonchev–Trinajstić information content (AvgIpc) is 2.61. The molecular weight excluding hydrogens is 242 g/mol. The highest BCUT2D eigenvalue weighted by atomic mass is 79.9. The minimum absolute atomic E-state index is 0.764. The zero-order chi connectivity index (χ0) is 9.54. The lowest BCUT2D eigenvalue weighted by atomic mass is 10.1. The van der Waals surface area contributed by atoms with Gasteiger partial charge in [-0.1, -0.05) is 15.9 Å². The van der Waals surface area contributed by atoms with E-state index in [0.717, 1.165) is 28.9 Å². The standard InChI is InChI=1S/C11H8BrNO/c12-9-1-2-10-8(6-9)5-7-3-4-14-11(7)13-10/h1-2,5-6H,3-4H2. The fourth-order valence-electron chi connectivity index (χ4n) is 1.74. The number of ether oxygens (including phenoxy) is 1. The largest absolute Gasteiger partial charge is 0.477 e. The maximum Gasteiger partial charge on any atom is 0.217 e. The van der Waals surface area contributed by atoms with Crippen molar-refractivity contribution in [2.45, 2.75) is 6.42 Å². The number of hydrogen-bond acceptors (Lipinski definition) is 2. The molecule has 1 aliphatic heterocycles. The summed E-state index contributed by atoms with van der Waals surface area (Å²) in [6, 6.07) is 8.24. The van der Waals surface area contributed by atoms with Crippen molar-refractivity contribution in [1.82, 2.24) is 4.98 Å². The Kier molecular flexibility index (Phi) is 1.74. The van der Waals surface area contributed by atoms with Gasteiger partial charge in [0.2, 0.25) is 5.88 Å². The molecule has 0 amide bonds. The minimum Gasteiger partial charge on any atom is -0.477 e. The van der Waals surface area contributed by atoms with E-state index in [4.69, 9.17) is 4.74 Å². The summed E-state index contributed by atoms with van der Waals surface area (Å²) in [7, 11) is 0. The number of pyridine rings is 1. The third-order valence-electron chi connectivity index (χ3n) is 2.43. The monoisotopic (exact) mass is 249 g/mol. The van der Waals surface area contributed by atoms with Crippen LogP contribution in [0.3, 0.4) is 0 Å². The summed E-state index contributed by atoms with van der Waals surface area (Å²) in [5.74, 6) is 0.805. The van der Waals surface area contributed by atoms with Crippen molar-refractivity contribution in [2.24, 2.45) is 0 Å². The van der Waals surface area contributed by atoms with Gasteiger partial charge in [0.15, 0.2) is 0 Å². The number of halogens is 1. The van der Waals surface area contributed by atoms with Gasteiger partial charge in [-0.3, -0.25) is 0 Å². The molecule has 0 saturated carbocycles. The lowest BCUT2D eigenvalue weighted by Gasteiger charge is -2.01. The van der Waals surface area contributed by atoms with Crippen molar-refractivity contribution in [1.29, 1.82) is 0 Å². The molecule has 0 spiro atoms. The molecule has 0 saturated heterocycles. The number of aromatic nitrogens is 1. The molecule has 1 aromatic heterocycles. The minimum atomic E-state index is 0.764. The first-order valence-corrected chi connectivity index (χ1v) is 5.34. The van der Waals surface area contributed by atoms with Crippen LogP contribution in [-0.2, 0) is 6.42 Å². The van der Waals surface area contributed by atoms with E-state index in [1.165, 1.54) is 10.9 Å². The van der Waals surface area contributed by atoms with E-state index in [2.05, 4.69) is 33.0 Å². The van der Waals surface area contributed by atoms with Crippen LogP contribution < -0.4 is 4.74 Å². The van der Waals surface area contributed by atoms with Gasteiger partial charge in [0.1, 0.15) is 0 Å². The van der Waals surface area contributed by atoms with Gasteiger partial charge in [-0.05, 0) is 24.3 Å². The zero-order valence-corrected chi connectivity index (χ0v) is 9.04. The molecule has 0 unspecified atom stereocenters. The van der Waals surface area contributed by atoms with Crippen LogP contribution in [0.1, 0.15) is 5.56 Å². The molecule has 70 valence electrons. The lowest BCUT2D eigenvalue weighted by Crippen LogP contribution is -1.88. The Morgan fingerprint density at radius 2 is 2.21 bits per heavy atom. The van der Waals surface area contributed by atoms with Crippen LogP contribution in [0.2, 0.25) is 0 Å². The van der Waals surface area contributed by atoms with Crippen molar-refractivity contribution >= 4 is 26.8 Å². The molecule has 0 fully saturated rings. The van der Waals surface area contributed by atoms with Gasteiger partial charge in [0.05, 0.1) is 12.1 Å². The first kappa shape index (κ1) is 8.24. The van der Waals surface area contributed by atoms with Crippen LogP contribution in [0.4, 0.5) is 0 Å². The fraction of sp³-hybridized carbons (Fsp3) is 0.182. The second kappa shape index (κ2) is 2.95. The molecule has 0 N–H and O–H groups in total. The van der Waals surface area contributed by atoms with Gasteiger partial charge in [0, 0.05) is 21.8 Å². The Balaban J connectivity index is 2.33. The van der Waals surface area contributed by atoms with E-state index in [1.54, 1.807) is 0 Å². The van der Waals surface area contributed by atoms with Gasteiger partial charge in [-0.2, -0.15) is 0 Å². The number of benzene rings is 1. The third kappa shape index (κ3) is 1.20. The van der Waals surface area contributed by atoms with E-state index in [1.807, 2.05) is 12.1 Å². The zero-order valence-electron chi connectivity index (χ0n) is 7.46. The van der Waals surface area contributed by atoms with Crippen molar-refractivity contribution in [3.63, 3.8) is 0 Å². The summed E-state index contributed by atoms with van der Waals surface area (Å²) in [5.41, 5.74) is 2.21. The Labute approximate surface area is 90.0 Å². The molecule has 14 heavy (non-hydrogen) atoms. The first-order chi connectivity index (χ1) is 6.83. The van der Waals surface area contributed by atoms with Crippen LogP contribution in [0, 0.1) is 0 Å². The molecule has 3 rings (SSSR count). The first-order valence-electron chi connectivity index (χ1n) is 4.55. The Bertz CT molecular complexity index is 510. The highest BCUT2D eigenvalue weighted by Gasteiger charge is 2.14. The average molecular weight is 250 g/mol. The van der Waals surface area contributed by atoms with Crippen LogP contribution >= 0.6 is 15.9 Å². The van der Waals surface area contributed by atoms with Crippen LogP contribution in [0.25, 0.3) is 10.9 Å². The van der Waals surface area contributed by atoms with Crippen molar-refractivity contribution in [3.8, 4) is 5.88 Å². The predicted octanol–water partition coefficient (Wildman–Crippen LogP) is 2.93. The molecule has 2 nitrogen and oxygen atoms in total. The molecule has 0 bridgehead atoms. The van der Waals surface area contributed by atoms with Gasteiger partial charge in [-0.25, -0.2) is 4.98 Å². The molecule has 0 radical (unpaired) electrons. The number of rotatable bonds is 0. The van der Waals surface area contributed by atoms with E-state index >= 15 is 0 Å². The van der Waals surface area contributed by atoms with Gasteiger partial charge < -0.3 is 4.74 Å². The molecular formula is C11H8BrNO. The molecule has 0 aliphatic carbocycles. The van der Waals surface area contributed by atoms with Crippen molar-refractivity contribution < 1.29 is 4.74 Å². The van der Waals surface area contributed by atoms with Gasteiger partial charge in [-0.15, -0.1) is 0 Å². The van der Waals surface area contributed by atoms with Crippen LogP contribution in [0.5, 0.6) is 5.88 Å². The highest BCUT2D eigenvalue weighted by Crippen LogP contribution is 2.28. The van der Waals surface area contributed by atoms with Crippen molar-refractivity contribution in [3.05, 3.63) is 34.3 Å². The Morgan fingerprint density at radius 1 is 1.29 bits per heavy atom. The summed E-state index contributed by atoms with van der Waals surface area (Å²) in [5, 5.41) is 1.17. The van der Waals surface area contributed by atoms with E-state index in [-0.39, 0.29) is 0 Å². The topological polar surface area (TPSA) is 22.1 Å². The summed E-state index contributed by atoms with van der Waals surface area (Å²) in [6.45, 7) is 0.764. The summed E-state index contributed by atoms with van der Waals surface area (Å²) < 4.78 is 6.50. The summed E-state index contributed by atoms with van der Waals surface area (Å²) in [4.78, 5) is 4.45. The Hall–Kier alpha value is -1.09. The smallest absolute Gasteiger partial charge is 0.217 e. The SMILES string of the molecule is Brc1ccc2nc3c(cc2c1)CCO3. The van der Waals surface area contributed by atoms with E-state index < -0.39 is 0 Å². The Morgan fingerprint density at radius 3 is 3.14 bits per heavy atom. The normalized spacial score (nSPS) is 14.1. The number of hydrogen-bond donors (Lipinski definition) is 0. The number of nitrogens with zero attached hydrogens (tertiary/aromatic N) is 1. The third-order valence-corrected chi connectivity index (χ3v) is 2.92. The van der Waals surface area contributed by atoms with Gasteiger partial charge >= 0.3 is 0 Å². The summed E-state index contributed by atoms with van der Waals surface area (Å²) >= 11 is 3.45.